The van der Waals surface area contributed by atoms with Crippen LogP contribution in [0.2, 0.25) is 0 Å². The lowest BCUT2D eigenvalue weighted by atomic mass is 9.56. The number of benzene rings is 1. The Morgan fingerprint density at radius 3 is 2.36 bits per heavy atom. The molecule has 134 valence electrons. The van der Waals surface area contributed by atoms with Crippen molar-refractivity contribution in [3.05, 3.63) is 40.2 Å². The van der Waals surface area contributed by atoms with E-state index in [4.69, 9.17) is 4.42 Å². The van der Waals surface area contributed by atoms with E-state index >= 15 is 0 Å². The quantitative estimate of drug-likeness (QED) is 0.775. The van der Waals surface area contributed by atoms with Gasteiger partial charge in [0.1, 0.15) is 11.3 Å². The Kier molecular flexibility index (Phi) is 3.93. The van der Waals surface area contributed by atoms with Crippen LogP contribution in [0.4, 0.5) is 5.69 Å². The van der Waals surface area contributed by atoms with E-state index in [1.165, 1.54) is 19.3 Å². The Morgan fingerprint density at radius 2 is 1.72 bits per heavy atom. The molecule has 1 aromatic heterocycles. The highest BCUT2D eigenvalue weighted by Gasteiger charge is 2.47. The Labute approximate surface area is 150 Å². The van der Waals surface area contributed by atoms with Gasteiger partial charge in [0.25, 0.3) is 0 Å². The van der Waals surface area contributed by atoms with Crippen molar-refractivity contribution in [2.24, 2.45) is 17.8 Å². The van der Waals surface area contributed by atoms with E-state index in [0.29, 0.717) is 17.2 Å². The van der Waals surface area contributed by atoms with Gasteiger partial charge in [-0.05, 0) is 62.0 Å². The average molecular weight is 339 g/mol. The minimum Gasteiger partial charge on any atom is -0.460 e. The molecular weight excluding hydrogens is 310 g/mol. The Hall–Kier alpha value is -1.77. The number of hydrogen-bond acceptors (Lipinski definition) is 3. The van der Waals surface area contributed by atoms with Gasteiger partial charge in [-0.15, -0.1) is 0 Å². The molecule has 0 spiro atoms. The third-order valence-corrected chi connectivity index (χ3v) is 6.38. The lowest BCUT2D eigenvalue weighted by molar-refractivity contribution is 0.0629. The van der Waals surface area contributed by atoms with E-state index in [9.17, 15) is 4.79 Å². The highest BCUT2D eigenvalue weighted by atomic mass is 16.3. The SMILES string of the molecule is CC1CC2CC(C)CC(c3cc(=O)c4ccc(N(C)C)cc4o3)(C1)C2. The largest absolute Gasteiger partial charge is 0.460 e. The van der Waals surface area contributed by atoms with Crippen LogP contribution in [0.25, 0.3) is 11.0 Å². The summed E-state index contributed by atoms with van der Waals surface area (Å²) in [6.07, 6.45) is 6.14. The Balaban J connectivity index is 1.86. The summed E-state index contributed by atoms with van der Waals surface area (Å²) in [5.41, 5.74) is 1.96. The first kappa shape index (κ1) is 16.7. The lowest BCUT2D eigenvalue weighted by Crippen LogP contribution is -2.42. The molecule has 2 bridgehead atoms. The second-order valence-corrected chi connectivity index (χ2v) is 8.99. The van der Waals surface area contributed by atoms with Crippen LogP contribution in [0.3, 0.4) is 0 Å². The van der Waals surface area contributed by atoms with Gasteiger partial charge in [0, 0.05) is 37.3 Å². The van der Waals surface area contributed by atoms with Crippen molar-refractivity contribution in [2.75, 3.05) is 19.0 Å². The van der Waals surface area contributed by atoms with Crippen LogP contribution in [0, 0.1) is 17.8 Å². The van der Waals surface area contributed by atoms with Crippen molar-refractivity contribution in [3.8, 4) is 0 Å². The second-order valence-electron chi connectivity index (χ2n) is 8.99. The Morgan fingerprint density at radius 1 is 1.04 bits per heavy atom. The van der Waals surface area contributed by atoms with Gasteiger partial charge in [-0.2, -0.15) is 0 Å². The molecule has 4 rings (SSSR count). The van der Waals surface area contributed by atoms with Crippen molar-refractivity contribution in [3.63, 3.8) is 0 Å². The fourth-order valence-electron chi connectivity index (χ4n) is 5.69. The molecule has 2 aliphatic rings. The molecule has 3 nitrogen and oxygen atoms in total. The zero-order valence-electron chi connectivity index (χ0n) is 15.8. The van der Waals surface area contributed by atoms with E-state index in [1.54, 1.807) is 6.07 Å². The summed E-state index contributed by atoms with van der Waals surface area (Å²) >= 11 is 0. The summed E-state index contributed by atoms with van der Waals surface area (Å²) < 4.78 is 6.42. The Bertz CT molecular complexity index is 831. The monoisotopic (exact) mass is 339 g/mol. The molecule has 0 N–H and O–H groups in total. The van der Waals surface area contributed by atoms with Gasteiger partial charge in [-0.25, -0.2) is 0 Å². The molecule has 25 heavy (non-hydrogen) atoms. The van der Waals surface area contributed by atoms with Gasteiger partial charge in [0.05, 0.1) is 5.39 Å². The minimum atomic E-state index is 0.0570. The molecule has 0 saturated heterocycles. The summed E-state index contributed by atoms with van der Waals surface area (Å²) in [5.74, 6) is 3.13. The van der Waals surface area contributed by atoms with Crippen LogP contribution in [-0.2, 0) is 5.41 Å². The first-order chi connectivity index (χ1) is 11.9. The van der Waals surface area contributed by atoms with Crippen molar-refractivity contribution >= 4 is 16.7 Å². The molecule has 2 aliphatic carbocycles. The van der Waals surface area contributed by atoms with Crippen LogP contribution in [0.15, 0.2) is 33.5 Å². The molecule has 2 saturated carbocycles. The fourth-order valence-corrected chi connectivity index (χ4v) is 5.69. The smallest absolute Gasteiger partial charge is 0.192 e. The van der Waals surface area contributed by atoms with Gasteiger partial charge in [-0.3, -0.25) is 4.79 Å². The second kappa shape index (κ2) is 5.89. The van der Waals surface area contributed by atoms with Gasteiger partial charge in [0.15, 0.2) is 5.43 Å². The normalized spacial score (nSPS) is 31.9. The van der Waals surface area contributed by atoms with Crippen molar-refractivity contribution in [1.29, 1.82) is 0 Å². The molecule has 1 aromatic carbocycles. The molecule has 2 atom stereocenters. The number of fused-ring (bicyclic) bond motifs is 3. The van der Waals surface area contributed by atoms with E-state index in [-0.39, 0.29) is 10.8 Å². The predicted octanol–water partition coefficient (Wildman–Crippen LogP) is 4.96. The highest BCUT2D eigenvalue weighted by molar-refractivity contribution is 5.80. The molecule has 0 radical (unpaired) electrons. The van der Waals surface area contributed by atoms with Gasteiger partial charge in [-0.1, -0.05) is 13.8 Å². The molecule has 1 heterocycles. The topological polar surface area (TPSA) is 33.5 Å². The van der Waals surface area contributed by atoms with E-state index in [2.05, 4.69) is 13.8 Å². The van der Waals surface area contributed by atoms with Crippen LogP contribution in [-0.4, -0.2) is 14.1 Å². The maximum Gasteiger partial charge on any atom is 0.192 e. The zero-order valence-corrected chi connectivity index (χ0v) is 15.8. The van der Waals surface area contributed by atoms with Crippen LogP contribution >= 0.6 is 0 Å². The first-order valence-electron chi connectivity index (χ1n) is 9.62. The van der Waals surface area contributed by atoms with Crippen LogP contribution < -0.4 is 10.3 Å². The number of rotatable bonds is 2. The standard InChI is InChI=1S/C22H29NO2/c1-14-7-16-8-15(2)12-22(11-14,13-16)21-10-19(24)18-6-5-17(23(3)4)9-20(18)25-21/h5-6,9-10,14-16H,7-8,11-13H2,1-4H3. The molecule has 2 unspecified atom stereocenters. The summed E-state index contributed by atoms with van der Waals surface area (Å²) in [6, 6.07) is 7.68. The predicted molar refractivity (Wildman–Crippen MR) is 103 cm³/mol. The van der Waals surface area contributed by atoms with Crippen molar-refractivity contribution < 1.29 is 4.42 Å². The molecule has 0 amide bonds. The molecule has 3 heteroatoms. The first-order valence-corrected chi connectivity index (χ1v) is 9.62. The maximum absolute atomic E-state index is 12.8. The fraction of sp³-hybridized carbons (Fsp3) is 0.591. The van der Waals surface area contributed by atoms with E-state index in [0.717, 1.165) is 35.8 Å². The lowest BCUT2D eigenvalue weighted by Gasteiger charge is -2.49. The average Bonchev–Trinajstić information content (AvgIpc) is 2.52. The molecular formula is C22H29NO2. The molecule has 2 aromatic rings. The van der Waals surface area contributed by atoms with Crippen molar-refractivity contribution in [1.82, 2.24) is 0 Å². The summed E-state index contributed by atoms with van der Waals surface area (Å²) in [7, 11) is 4.02. The van der Waals surface area contributed by atoms with Gasteiger partial charge < -0.3 is 9.32 Å². The number of nitrogens with zero attached hydrogens (tertiary/aromatic N) is 1. The van der Waals surface area contributed by atoms with E-state index < -0.39 is 0 Å². The zero-order chi connectivity index (χ0) is 17.8. The maximum atomic E-state index is 12.8. The summed E-state index contributed by atoms with van der Waals surface area (Å²) in [6.45, 7) is 4.72. The summed E-state index contributed by atoms with van der Waals surface area (Å²) in [5, 5.41) is 0.690. The van der Waals surface area contributed by atoms with Crippen LogP contribution in [0.1, 0.15) is 51.7 Å². The highest BCUT2D eigenvalue weighted by Crippen LogP contribution is 2.54. The number of anilines is 1. The van der Waals surface area contributed by atoms with E-state index in [1.807, 2.05) is 37.2 Å². The third-order valence-electron chi connectivity index (χ3n) is 6.38. The number of hydrogen-bond donors (Lipinski definition) is 0. The third kappa shape index (κ3) is 2.88. The van der Waals surface area contributed by atoms with Gasteiger partial charge in [0.2, 0.25) is 0 Å². The van der Waals surface area contributed by atoms with Crippen molar-refractivity contribution in [2.45, 2.75) is 51.4 Å². The minimum absolute atomic E-state index is 0.0570. The van der Waals surface area contributed by atoms with Gasteiger partial charge >= 0.3 is 0 Å². The molecule has 2 fully saturated rings. The molecule has 0 aliphatic heterocycles. The summed E-state index contributed by atoms with van der Waals surface area (Å²) in [4.78, 5) is 14.8. The van der Waals surface area contributed by atoms with Crippen LogP contribution in [0.5, 0.6) is 0 Å².